The molecule has 7 rings (SSSR count). The van der Waals surface area contributed by atoms with Gasteiger partial charge in [0.1, 0.15) is 5.52 Å². The van der Waals surface area contributed by atoms with Gasteiger partial charge >= 0.3 is 14.0 Å². The summed E-state index contributed by atoms with van der Waals surface area (Å²) in [5, 5.41) is 5.02. The van der Waals surface area contributed by atoms with Crippen molar-refractivity contribution in [2.24, 2.45) is 0 Å². The van der Waals surface area contributed by atoms with E-state index in [2.05, 4.69) is 63.2 Å². The number of benzene rings is 4. The smallest absolute Gasteiger partial charge is 0.435 e. The molecule has 2 fully saturated rings. The first-order valence-electron chi connectivity index (χ1n) is 14.5. The number of halogens is 1. The quantitative estimate of drug-likeness (QED) is 0.157. The maximum Gasteiger partial charge on any atom is 0.489 e. The molecule has 1 unspecified atom stereocenters. The van der Waals surface area contributed by atoms with Gasteiger partial charge in [-0.25, -0.2) is 4.98 Å². The summed E-state index contributed by atoms with van der Waals surface area (Å²) in [6.07, 6.45) is 0.656. The fourth-order valence-electron chi connectivity index (χ4n) is 5.98. The van der Waals surface area contributed by atoms with Crippen LogP contribution in [0.25, 0.3) is 44.1 Å². The van der Waals surface area contributed by atoms with Crippen LogP contribution >= 0.6 is 11.6 Å². The lowest BCUT2D eigenvalue weighted by molar-refractivity contribution is -0.00877. The summed E-state index contributed by atoms with van der Waals surface area (Å²) in [6, 6.07) is 22.5. The highest BCUT2D eigenvalue weighted by Gasteiger charge is 2.64. The summed E-state index contributed by atoms with van der Waals surface area (Å²) < 4.78 is 31.9. The first kappa shape index (κ1) is 27.9. The van der Waals surface area contributed by atoms with E-state index in [4.69, 9.17) is 39.6 Å². The van der Waals surface area contributed by atoms with Crippen molar-refractivity contribution in [2.45, 2.75) is 77.3 Å². The highest BCUT2D eigenvalue weighted by Crippen LogP contribution is 2.45. The van der Waals surface area contributed by atoms with Gasteiger partial charge in [-0.05, 0) is 101 Å². The Bertz CT molecular complexity index is 1840. The van der Waals surface area contributed by atoms with Gasteiger partial charge in [-0.1, -0.05) is 48.0 Å². The zero-order valence-electron chi connectivity index (χ0n) is 25.1. The van der Waals surface area contributed by atoms with Gasteiger partial charge in [-0.3, -0.25) is 0 Å². The number of rotatable bonds is 4. The molecule has 0 aliphatic carbocycles. The summed E-state index contributed by atoms with van der Waals surface area (Å²) in [5.74, 6) is 0.586. The molecular formula is C33H34B2ClNO5. The summed E-state index contributed by atoms with van der Waals surface area (Å²) in [7, 11) is -1.21. The Hall–Kier alpha value is -2.87. The van der Waals surface area contributed by atoms with Crippen LogP contribution < -0.4 is 0 Å². The number of aromatic nitrogens is 1. The fourth-order valence-corrected chi connectivity index (χ4v) is 6.16. The standard InChI is InChI=1S/C33H34B2ClNO5/c1-30(2)31(3,4)40-34(39-30)35-41-32(5,6)33(7,42-35)19-20-8-10-22(11-9-20)29-37-26-17-14-21-12-13-23-18-24(36)15-16-25(23)27(21)28(26)38-29/h8-18H,19H2,1-7H3. The van der Waals surface area contributed by atoms with Gasteiger partial charge in [-0.2, -0.15) is 0 Å². The molecule has 2 aliphatic rings. The number of oxazole rings is 1. The lowest BCUT2D eigenvalue weighted by Gasteiger charge is -2.36. The highest BCUT2D eigenvalue weighted by atomic mass is 35.5. The molecule has 0 N–H and O–H groups in total. The Morgan fingerprint density at radius 1 is 0.690 bits per heavy atom. The molecule has 1 atom stereocenters. The van der Waals surface area contributed by atoms with Crippen LogP contribution in [0.3, 0.4) is 0 Å². The highest BCUT2D eigenvalue weighted by molar-refractivity contribution is 7.11. The Balaban J connectivity index is 1.15. The van der Waals surface area contributed by atoms with Gasteiger partial charge in [-0.15, -0.1) is 0 Å². The van der Waals surface area contributed by atoms with E-state index in [0.29, 0.717) is 17.3 Å². The van der Waals surface area contributed by atoms with Gasteiger partial charge in [0.15, 0.2) is 5.58 Å². The Kier molecular flexibility index (Phi) is 6.19. The van der Waals surface area contributed by atoms with E-state index in [1.807, 2.05) is 52.0 Å². The fraction of sp³-hybridized carbons (Fsp3) is 0.364. The first-order valence-corrected chi connectivity index (χ1v) is 14.9. The lowest BCUT2D eigenvalue weighted by atomic mass is 9.49. The molecule has 4 aromatic carbocycles. The van der Waals surface area contributed by atoms with E-state index >= 15 is 0 Å². The summed E-state index contributed by atoms with van der Waals surface area (Å²) in [4.78, 5) is 4.84. The average molecular weight is 582 g/mol. The molecular weight excluding hydrogens is 547 g/mol. The van der Waals surface area contributed by atoms with Gasteiger partial charge < -0.3 is 23.0 Å². The predicted molar refractivity (Wildman–Crippen MR) is 170 cm³/mol. The van der Waals surface area contributed by atoms with Crippen molar-refractivity contribution >= 4 is 58.3 Å². The van der Waals surface area contributed by atoms with Crippen LogP contribution in [0.2, 0.25) is 5.02 Å². The van der Waals surface area contributed by atoms with Crippen molar-refractivity contribution in [1.82, 2.24) is 4.98 Å². The van der Waals surface area contributed by atoms with Gasteiger partial charge in [0.25, 0.3) is 0 Å². The van der Waals surface area contributed by atoms with Crippen molar-refractivity contribution in [3.05, 3.63) is 77.3 Å². The Morgan fingerprint density at radius 2 is 1.31 bits per heavy atom. The van der Waals surface area contributed by atoms with Crippen molar-refractivity contribution in [3.63, 3.8) is 0 Å². The molecule has 0 bridgehead atoms. The minimum Gasteiger partial charge on any atom is -0.435 e. The maximum absolute atomic E-state index is 6.57. The van der Waals surface area contributed by atoms with E-state index < -0.39 is 36.4 Å². The molecule has 2 aliphatic heterocycles. The molecule has 0 amide bonds. The topological polar surface area (TPSA) is 63.0 Å². The van der Waals surface area contributed by atoms with Gasteiger partial charge in [0, 0.05) is 22.4 Å². The number of fused-ring (bicyclic) bond motifs is 5. The Labute approximate surface area is 251 Å². The number of nitrogens with zero attached hydrogens (tertiary/aromatic N) is 1. The van der Waals surface area contributed by atoms with E-state index in [1.54, 1.807) is 0 Å². The molecule has 2 saturated heterocycles. The van der Waals surface area contributed by atoms with Gasteiger partial charge in [0.2, 0.25) is 5.89 Å². The zero-order chi connectivity index (χ0) is 29.7. The van der Waals surface area contributed by atoms with E-state index in [9.17, 15) is 0 Å². The van der Waals surface area contributed by atoms with Crippen LogP contribution in [0, 0.1) is 0 Å². The minimum absolute atomic E-state index is 0.457. The van der Waals surface area contributed by atoms with Crippen LogP contribution in [0.1, 0.15) is 54.0 Å². The number of hydrogen-bond donors (Lipinski definition) is 0. The Morgan fingerprint density at radius 3 is 2.02 bits per heavy atom. The minimum atomic E-state index is -0.619. The van der Waals surface area contributed by atoms with Crippen molar-refractivity contribution in [3.8, 4) is 11.5 Å². The molecule has 214 valence electrons. The third-order valence-electron chi connectivity index (χ3n) is 9.61. The molecule has 42 heavy (non-hydrogen) atoms. The van der Waals surface area contributed by atoms with Crippen LogP contribution in [0.15, 0.2) is 71.1 Å². The molecule has 5 aromatic rings. The third-order valence-corrected chi connectivity index (χ3v) is 9.85. The van der Waals surface area contributed by atoms with Crippen molar-refractivity contribution in [2.75, 3.05) is 0 Å². The van der Waals surface area contributed by atoms with Gasteiger partial charge in [0.05, 0.1) is 22.4 Å². The second-order valence-electron chi connectivity index (χ2n) is 13.3. The SMILES string of the molecule is CC1(C)OB(B2OC(C)(C)C(C)(Cc3ccc(-c4nc5ccc6ccc7cc(Cl)ccc7c6c5o4)cc3)O2)OC1(C)C. The van der Waals surface area contributed by atoms with Crippen LogP contribution in [0.4, 0.5) is 0 Å². The van der Waals surface area contributed by atoms with Crippen LogP contribution in [0.5, 0.6) is 0 Å². The molecule has 6 nitrogen and oxygen atoms in total. The van der Waals surface area contributed by atoms with Crippen molar-refractivity contribution < 1.29 is 23.0 Å². The molecule has 0 radical (unpaired) electrons. The zero-order valence-corrected chi connectivity index (χ0v) is 25.8. The number of hydrogen-bond acceptors (Lipinski definition) is 6. The normalized spacial score (nSPS) is 23.0. The first-order chi connectivity index (χ1) is 19.8. The monoisotopic (exact) mass is 581 g/mol. The molecule has 9 heteroatoms. The molecule has 0 saturated carbocycles. The molecule has 0 spiro atoms. The second kappa shape index (κ2) is 9.31. The van der Waals surface area contributed by atoms with Crippen molar-refractivity contribution in [1.29, 1.82) is 0 Å². The second-order valence-corrected chi connectivity index (χ2v) is 13.7. The van der Waals surface area contributed by atoms with E-state index in [0.717, 1.165) is 43.8 Å². The van der Waals surface area contributed by atoms with Crippen LogP contribution in [-0.4, -0.2) is 41.4 Å². The lowest BCUT2D eigenvalue weighted by Crippen LogP contribution is -2.46. The average Bonchev–Trinajstić information content (AvgIpc) is 3.53. The summed E-state index contributed by atoms with van der Waals surface area (Å²) in [5.41, 5.74) is 1.56. The largest absolute Gasteiger partial charge is 0.489 e. The third kappa shape index (κ3) is 4.39. The van der Waals surface area contributed by atoms with E-state index in [-0.39, 0.29) is 0 Å². The predicted octanol–water partition coefficient (Wildman–Crippen LogP) is 8.24. The maximum atomic E-state index is 6.57. The van der Waals surface area contributed by atoms with Crippen LogP contribution in [-0.2, 0) is 25.0 Å². The molecule has 3 heterocycles. The molecule has 1 aromatic heterocycles. The van der Waals surface area contributed by atoms with E-state index in [1.165, 1.54) is 0 Å². The summed E-state index contributed by atoms with van der Waals surface area (Å²) in [6.45, 7) is 14.4. The summed E-state index contributed by atoms with van der Waals surface area (Å²) >= 11 is 6.26.